The molecule has 2 radical (unpaired) electrons. The van der Waals surface area contributed by atoms with Gasteiger partial charge in [0.2, 0.25) is 0 Å². The Morgan fingerprint density at radius 3 is 1.75 bits per heavy atom. The Morgan fingerprint density at radius 1 is 0.875 bits per heavy atom. The summed E-state index contributed by atoms with van der Waals surface area (Å²) in [6.45, 7) is 9.57. The smallest absolute Gasteiger partial charge is 0.189 e. The summed E-state index contributed by atoms with van der Waals surface area (Å²) in [7, 11) is 6.43. The summed E-state index contributed by atoms with van der Waals surface area (Å²) in [6, 6.07) is 0.647. The van der Waals surface area contributed by atoms with Crippen molar-refractivity contribution in [1.29, 1.82) is 0 Å². The molecule has 0 amide bonds. The monoisotopic (exact) mass is 237 g/mol. The Labute approximate surface area is 104 Å². The maximum Gasteiger partial charge on any atom is 0.189 e. The standard InChI is InChI=1S/C13H25BNP/c1-9-5-6-10(2)13(9)15(14)16-11(3)7-8-12(16)4/h9-13H,5-8H2,1-4H3/t9-,10-,11-,12-/m1/s1. The van der Waals surface area contributed by atoms with Gasteiger partial charge >= 0.3 is 0 Å². The van der Waals surface area contributed by atoms with E-state index in [2.05, 4.69) is 32.3 Å². The Kier molecular flexibility index (Phi) is 4.02. The van der Waals surface area contributed by atoms with Crippen LogP contribution >= 0.6 is 8.07 Å². The molecule has 1 saturated carbocycles. The van der Waals surface area contributed by atoms with Gasteiger partial charge in [0.15, 0.2) is 7.98 Å². The summed E-state index contributed by atoms with van der Waals surface area (Å²) < 4.78 is 2.32. The lowest BCUT2D eigenvalue weighted by Crippen LogP contribution is -2.37. The first kappa shape index (κ1) is 12.9. The first-order chi connectivity index (χ1) is 7.52. The summed E-state index contributed by atoms with van der Waals surface area (Å²) in [5.41, 5.74) is 1.69. The van der Waals surface area contributed by atoms with Crippen LogP contribution in [0.1, 0.15) is 53.4 Å². The minimum absolute atomic E-state index is 0.0819. The molecule has 1 nitrogen and oxygen atoms in total. The molecule has 3 heteroatoms. The molecule has 0 aromatic heterocycles. The van der Waals surface area contributed by atoms with E-state index < -0.39 is 0 Å². The Balaban J connectivity index is 2.08. The van der Waals surface area contributed by atoms with Crippen molar-refractivity contribution in [1.82, 2.24) is 4.58 Å². The van der Waals surface area contributed by atoms with Crippen molar-refractivity contribution in [2.45, 2.75) is 70.7 Å². The highest BCUT2D eigenvalue weighted by atomic mass is 31.1. The van der Waals surface area contributed by atoms with Crippen LogP contribution in [0.3, 0.4) is 0 Å². The van der Waals surface area contributed by atoms with Gasteiger partial charge in [-0.05, 0) is 56.9 Å². The van der Waals surface area contributed by atoms with Crippen LogP contribution in [0.5, 0.6) is 0 Å². The van der Waals surface area contributed by atoms with Crippen LogP contribution in [-0.4, -0.2) is 29.9 Å². The molecule has 1 aliphatic carbocycles. The number of hydrogen-bond donors (Lipinski definition) is 0. The summed E-state index contributed by atoms with van der Waals surface area (Å²) in [5, 5.41) is 0. The van der Waals surface area contributed by atoms with Crippen LogP contribution in [0, 0.1) is 11.8 Å². The highest BCUT2D eigenvalue weighted by Crippen LogP contribution is 2.59. The van der Waals surface area contributed by atoms with E-state index in [1.807, 2.05) is 0 Å². The van der Waals surface area contributed by atoms with E-state index in [9.17, 15) is 0 Å². The van der Waals surface area contributed by atoms with Gasteiger partial charge in [-0.1, -0.05) is 27.7 Å². The zero-order chi connectivity index (χ0) is 11.9. The molecular weight excluding hydrogens is 212 g/mol. The maximum atomic E-state index is 6.51. The van der Waals surface area contributed by atoms with Crippen LogP contribution in [0.15, 0.2) is 0 Å². The van der Waals surface area contributed by atoms with E-state index in [0.29, 0.717) is 6.04 Å². The van der Waals surface area contributed by atoms with Crippen molar-refractivity contribution >= 4 is 16.1 Å². The molecule has 1 heterocycles. The summed E-state index contributed by atoms with van der Waals surface area (Å²) in [4.78, 5) is 0. The highest BCUT2D eigenvalue weighted by Gasteiger charge is 2.40. The van der Waals surface area contributed by atoms with E-state index in [0.717, 1.165) is 23.2 Å². The van der Waals surface area contributed by atoms with Crippen molar-refractivity contribution in [3.05, 3.63) is 0 Å². The fourth-order valence-electron chi connectivity index (χ4n) is 3.74. The third-order valence-corrected chi connectivity index (χ3v) is 7.84. The lowest BCUT2D eigenvalue weighted by Gasteiger charge is -2.40. The van der Waals surface area contributed by atoms with Gasteiger partial charge in [-0.2, -0.15) is 0 Å². The maximum absolute atomic E-state index is 6.51. The SMILES string of the molecule is [B]N(C1[C@H](C)CC[C@H]1C)P1[C@H](C)CC[C@H]1C. The van der Waals surface area contributed by atoms with Crippen molar-refractivity contribution in [2.75, 3.05) is 0 Å². The Bertz CT molecular complexity index is 204. The molecule has 2 aliphatic rings. The normalized spacial score (nSPS) is 42.3. The molecule has 0 spiro atoms. The molecule has 16 heavy (non-hydrogen) atoms. The van der Waals surface area contributed by atoms with Crippen LogP contribution < -0.4 is 0 Å². The van der Waals surface area contributed by atoms with Gasteiger partial charge in [0.25, 0.3) is 0 Å². The van der Waals surface area contributed by atoms with Crippen LogP contribution in [0.2, 0.25) is 0 Å². The van der Waals surface area contributed by atoms with E-state index in [1.165, 1.54) is 25.7 Å². The Hall–Kier alpha value is 0.455. The predicted molar refractivity (Wildman–Crippen MR) is 74.0 cm³/mol. The second-order valence-electron chi connectivity index (χ2n) is 6.06. The summed E-state index contributed by atoms with van der Waals surface area (Å²) in [5.74, 6) is 1.59. The van der Waals surface area contributed by atoms with Gasteiger partial charge in [-0.25, -0.2) is 0 Å². The Morgan fingerprint density at radius 2 is 1.31 bits per heavy atom. The van der Waals surface area contributed by atoms with Crippen molar-refractivity contribution in [3.63, 3.8) is 0 Å². The molecule has 1 aliphatic heterocycles. The van der Waals surface area contributed by atoms with Crippen molar-refractivity contribution < 1.29 is 0 Å². The second-order valence-corrected chi connectivity index (χ2v) is 9.04. The van der Waals surface area contributed by atoms with E-state index in [1.54, 1.807) is 0 Å². The zero-order valence-electron chi connectivity index (χ0n) is 11.2. The lowest BCUT2D eigenvalue weighted by atomic mass is 9.99. The van der Waals surface area contributed by atoms with Crippen LogP contribution in [-0.2, 0) is 0 Å². The quantitative estimate of drug-likeness (QED) is 0.522. The van der Waals surface area contributed by atoms with E-state index >= 15 is 0 Å². The molecule has 0 N–H and O–H groups in total. The lowest BCUT2D eigenvalue weighted by molar-refractivity contribution is 0.336. The molecule has 0 aromatic carbocycles. The molecule has 2 fully saturated rings. The first-order valence-electron chi connectivity index (χ1n) is 6.84. The fourth-order valence-corrected chi connectivity index (χ4v) is 7.11. The highest BCUT2D eigenvalue weighted by molar-refractivity contribution is 7.58. The fraction of sp³-hybridized carbons (Fsp3) is 1.00. The minimum Gasteiger partial charge on any atom is -0.330 e. The average Bonchev–Trinajstić information content (AvgIpc) is 2.71. The van der Waals surface area contributed by atoms with Crippen molar-refractivity contribution in [2.24, 2.45) is 11.8 Å². The van der Waals surface area contributed by atoms with Gasteiger partial charge in [0.1, 0.15) is 0 Å². The molecule has 0 unspecified atom stereocenters. The zero-order valence-corrected chi connectivity index (χ0v) is 12.1. The third kappa shape index (κ3) is 2.20. The topological polar surface area (TPSA) is 3.24 Å². The van der Waals surface area contributed by atoms with Gasteiger partial charge in [-0.3, -0.25) is 0 Å². The molecule has 2 rings (SSSR count). The van der Waals surface area contributed by atoms with Gasteiger partial charge < -0.3 is 4.58 Å². The van der Waals surface area contributed by atoms with Crippen LogP contribution in [0.25, 0.3) is 0 Å². The molecule has 90 valence electrons. The van der Waals surface area contributed by atoms with Gasteiger partial charge in [-0.15, -0.1) is 0 Å². The van der Waals surface area contributed by atoms with Crippen molar-refractivity contribution in [3.8, 4) is 0 Å². The first-order valence-corrected chi connectivity index (χ1v) is 8.27. The van der Waals surface area contributed by atoms with E-state index in [-0.39, 0.29) is 8.07 Å². The second kappa shape index (κ2) is 4.98. The number of rotatable bonds is 2. The minimum atomic E-state index is -0.0819. The van der Waals surface area contributed by atoms with Gasteiger partial charge in [0, 0.05) is 6.04 Å². The summed E-state index contributed by atoms with van der Waals surface area (Å²) >= 11 is 0. The largest absolute Gasteiger partial charge is 0.330 e. The van der Waals surface area contributed by atoms with Gasteiger partial charge in [0.05, 0.1) is 0 Å². The molecule has 1 saturated heterocycles. The third-order valence-electron chi connectivity index (χ3n) is 4.72. The number of nitrogens with zero attached hydrogens (tertiary/aromatic N) is 1. The van der Waals surface area contributed by atoms with E-state index in [4.69, 9.17) is 7.98 Å². The number of hydrogen-bond acceptors (Lipinski definition) is 1. The molecule has 0 aromatic rings. The summed E-state index contributed by atoms with van der Waals surface area (Å²) in [6.07, 6.45) is 5.50. The van der Waals surface area contributed by atoms with Crippen LogP contribution in [0.4, 0.5) is 0 Å². The average molecular weight is 237 g/mol. The predicted octanol–water partition coefficient (Wildman–Crippen LogP) is 3.77. The molecular formula is C13H25BNP. The molecule has 4 atom stereocenters. The molecule has 0 bridgehead atoms.